The number of anilines is 1. The molecular formula is C23H30N2O3. The molecule has 0 saturated carbocycles. The van der Waals surface area contributed by atoms with Gasteiger partial charge in [-0.05, 0) is 41.2 Å². The number of rotatable bonds is 7. The topological polar surface area (TPSA) is 67.4 Å². The summed E-state index contributed by atoms with van der Waals surface area (Å²) in [6.45, 7) is 10.9. The van der Waals surface area contributed by atoms with E-state index in [-0.39, 0.29) is 23.8 Å². The molecule has 0 spiro atoms. The molecule has 0 unspecified atom stereocenters. The third-order valence-corrected chi connectivity index (χ3v) is 4.21. The van der Waals surface area contributed by atoms with E-state index in [2.05, 4.69) is 31.4 Å². The second kappa shape index (κ2) is 9.40. The van der Waals surface area contributed by atoms with Crippen LogP contribution in [0.3, 0.4) is 0 Å². The molecule has 0 heterocycles. The van der Waals surface area contributed by atoms with E-state index in [1.165, 1.54) is 5.56 Å². The zero-order chi connectivity index (χ0) is 20.7. The van der Waals surface area contributed by atoms with Gasteiger partial charge >= 0.3 is 0 Å². The molecule has 2 N–H and O–H groups in total. The molecule has 0 aliphatic rings. The lowest BCUT2D eigenvalue weighted by atomic mass is 9.87. The third kappa shape index (κ3) is 6.41. The third-order valence-electron chi connectivity index (χ3n) is 4.21. The van der Waals surface area contributed by atoms with Gasteiger partial charge in [-0.25, -0.2) is 0 Å². The maximum absolute atomic E-state index is 12.4. The van der Waals surface area contributed by atoms with Crippen LogP contribution >= 0.6 is 0 Å². The van der Waals surface area contributed by atoms with E-state index >= 15 is 0 Å². The number of ether oxygens (including phenoxy) is 1. The van der Waals surface area contributed by atoms with Gasteiger partial charge in [0.15, 0.2) is 6.61 Å². The molecule has 0 aromatic heterocycles. The zero-order valence-electron chi connectivity index (χ0n) is 17.3. The number of benzene rings is 2. The van der Waals surface area contributed by atoms with Crippen molar-refractivity contribution in [2.45, 2.75) is 40.0 Å². The van der Waals surface area contributed by atoms with Crippen molar-refractivity contribution in [2.75, 3.05) is 18.5 Å². The fourth-order valence-corrected chi connectivity index (χ4v) is 2.57. The van der Waals surface area contributed by atoms with E-state index in [9.17, 15) is 9.59 Å². The van der Waals surface area contributed by atoms with Crippen LogP contribution in [0, 0.1) is 5.92 Å². The predicted octanol–water partition coefficient (Wildman–Crippen LogP) is 4.39. The van der Waals surface area contributed by atoms with Crippen LogP contribution in [-0.2, 0) is 10.2 Å². The van der Waals surface area contributed by atoms with E-state index in [1.54, 1.807) is 24.3 Å². The fourth-order valence-electron chi connectivity index (χ4n) is 2.57. The molecule has 150 valence electrons. The smallest absolute Gasteiger partial charge is 0.262 e. The van der Waals surface area contributed by atoms with Crippen LogP contribution in [0.1, 0.15) is 50.5 Å². The molecule has 0 radical (unpaired) electrons. The molecule has 5 nitrogen and oxygen atoms in total. The Hall–Kier alpha value is -2.82. The molecule has 2 aromatic carbocycles. The van der Waals surface area contributed by atoms with Crippen LogP contribution < -0.4 is 15.4 Å². The van der Waals surface area contributed by atoms with Crippen molar-refractivity contribution in [3.63, 3.8) is 0 Å². The monoisotopic (exact) mass is 382 g/mol. The lowest BCUT2D eigenvalue weighted by Gasteiger charge is -2.19. The van der Waals surface area contributed by atoms with Gasteiger partial charge in [-0.2, -0.15) is 0 Å². The molecule has 2 aromatic rings. The van der Waals surface area contributed by atoms with Gasteiger partial charge in [0, 0.05) is 6.54 Å². The first-order chi connectivity index (χ1) is 13.2. The minimum absolute atomic E-state index is 0.0652. The zero-order valence-corrected chi connectivity index (χ0v) is 17.3. The van der Waals surface area contributed by atoms with Crippen molar-refractivity contribution in [2.24, 2.45) is 5.92 Å². The van der Waals surface area contributed by atoms with E-state index < -0.39 is 0 Å². The van der Waals surface area contributed by atoms with Crippen molar-refractivity contribution >= 4 is 17.5 Å². The van der Waals surface area contributed by atoms with Crippen molar-refractivity contribution < 1.29 is 14.3 Å². The molecule has 0 aliphatic heterocycles. The summed E-state index contributed by atoms with van der Waals surface area (Å²) >= 11 is 0. The predicted molar refractivity (Wildman–Crippen MR) is 113 cm³/mol. The molecule has 0 bridgehead atoms. The quantitative estimate of drug-likeness (QED) is 0.746. The number of carbonyl (C=O) groups excluding carboxylic acids is 2. The summed E-state index contributed by atoms with van der Waals surface area (Å²) in [6.07, 6.45) is 0. The van der Waals surface area contributed by atoms with Crippen LogP contribution in [0.2, 0.25) is 0 Å². The number of para-hydroxylation sites is 1. The standard InChI is InChI=1S/C23H30N2O3/c1-16(2)14-24-22(27)19-8-6-7-9-20(19)25-21(26)15-28-18-12-10-17(11-13-18)23(3,4)5/h6-13,16H,14-15H2,1-5H3,(H,24,27)(H,25,26). The molecular weight excluding hydrogens is 352 g/mol. The minimum atomic E-state index is -0.316. The Bertz CT molecular complexity index is 805. The summed E-state index contributed by atoms with van der Waals surface area (Å²) in [4.78, 5) is 24.6. The minimum Gasteiger partial charge on any atom is -0.484 e. The van der Waals surface area contributed by atoms with Gasteiger partial charge in [0.25, 0.3) is 11.8 Å². The Morgan fingerprint density at radius 2 is 1.64 bits per heavy atom. The average molecular weight is 383 g/mol. The van der Waals surface area contributed by atoms with Crippen molar-refractivity contribution in [1.82, 2.24) is 5.32 Å². The lowest BCUT2D eigenvalue weighted by molar-refractivity contribution is -0.118. The summed E-state index contributed by atoms with van der Waals surface area (Å²) in [6, 6.07) is 14.7. The molecule has 5 heteroatoms. The summed E-state index contributed by atoms with van der Waals surface area (Å²) < 4.78 is 5.57. The maximum atomic E-state index is 12.4. The molecule has 0 aliphatic carbocycles. The molecule has 0 fully saturated rings. The molecule has 2 rings (SSSR count). The normalized spacial score (nSPS) is 11.2. The molecule has 2 amide bonds. The number of carbonyl (C=O) groups is 2. The van der Waals surface area contributed by atoms with Gasteiger partial charge in [-0.3, -0.25) is 9.59 Å². The fraction of sp³-hybridized carbons (Fsp3) is 0.391. The highest BCUT2D eigenvalue weighted by Crippen LogP contribution is 2.24. The summed E-state index contributed by atoms with van der Waals surface area (Å²) in [5.41, 5.74) is 2.17. The molecule has 0 saturated heterocycles. The first-order valence-electron chi connectivity index (χ1n) is 9.57. The summed E-state index contributed by atoms with van der Waals surface area (Å²) in [5, 5.41) is 5.63. The first kappa shape index (κ1) is 21.5. The Morgan fingerprint density at radius 3 is 2.25 bits per heavy atom. The molecule has 28 heavy (non-hydrogen) atoms. The van der Waals surface area contributed by atoms with E-state index in [0.29, 0.717) is 29.5 Å². The second-order valence-corrected chi connectivity index (χ2v) is 8.26. The van der Waals surface area contributed by atoms with Gasteiger partial charge in [0.05, 0.1) is 11.3 Å². The van der Waals surface area contributed by atoms with Crippen LogP contribution in [0.4, 0.5) is 5.69 Å². The van der Waals surface area contributed by atoms with Crippen molar-refractivity contribution in [3.05, 3.63) is 59.7 Å². The highest BCUT2D eigenvalue weighted by molar-refractivity contribution is 6.04. The van der Waals surface area contributed by atoms with E-state index in [0.717, 1.165) is 0 Å². The second-order valence-electron chi connectivity index (χ2n) is 8.26. The number of nitrogens with one attached hydrogen (secondary N) is 2. The van der Waals surface area contributed by atoms with E-state index in [4.69, 9.17) is 4.74 Å². The SMILES string of the molecule is CC(C)CNC(=O)c1ccccc1NC(=O)COc1ccc(C(C)(C)C)cc1. The van der Waals surface area contributed by atoms with Crippen LogP contribution in [-0.4, -0.2) is 25.0 Å². The van der Waals surface area contributed by atoms with Gasteiger partial charge in [0.1, 0.15) is 5.75 Å². The highest BCUT2D eigenvalue weighted by Gasteiger charge is 2.15. The highest BCUT2D eigenvalue weighted by atomic mass is 16.5. The Kier molecular flexibility index (Phi) is 7.21. The van der Waals surface area contributed by atoms with Gasteiger partial charge in [-0.1, -0.05) is 58.9 Å². The summed E-state index contributed by atoms with van der Waals surface area (Å²) in [5.74, 6) is 0.460. The molecule has 0 atom stereocenters. The first-order valence-corrected chi connectivity index (χ1v) is 9.57. The van der Waals surface area contributed by atoms with Gasteiger partial charge < -0.3 is 15.4 Å². The largest absolute Gasteiger partial charge is 0.484 e. The van der Waals surface area contributed by atoms with Gasteiger partial charge in [-0.15, -0.1) is 0 Å². The Balaban J connectivity index is 1.95. The number of hydrogen-bond acceptors (Lipinski definition) is 3. The van der Waals surface area contributed by atoms with Crippen molar-refractivity contribution in [3.8, 4) is 5.75 Å². The van der Waals surface area contributed by atoms with Crippen LogP contribution in [0.5, 0.6) is 5.75 Å². The summed E-state index contributed by atoms with van der Waals surface area (Å²) in [7, 11) is 0. The van der Waals surface area contributed by atoms with Crippen molar-refractivity contribution in [1.29, 1.82) is 0 Å². The number of hydrogen-bond donors (Lipinski definition) is 2. The van der Waals surface area contributed by atoms with Crippen LogP contribution in [0.25, 0.3) is 0 Å². The van der Waals surface area contributed by atoms with E-state index in [1.807, 2.05) is 38.1 Å². The Morgan fingerprint density at radius 1 is 1.00 bits per heavy atom. The lowest BCUT2D eigenvalue weighted by Crippen LogP contribution is -2.29. The van der Waals surface area contributed by atoms with Gasteiger partial charge in [0.2, 0.25) is 0 Å². The number of amides is 2. The Labute approximate surface area is 167 Å². The van der Waals surface area contributed by atoms with Crippen LogP contribution in [0.15, 0.2) is 48.5 Å². The average Bonchev–Trinajstić information content (AvgIpc) is 2.64. The maximum Gasteiger partial charge on any atom is 0.262 e.